The van der Waals surface area contributed by atoms with Gasteiger partial charge in [-0.05, 0) is 42.3 Å². The second-order valence-electron chi connectivity index (χ2n) is 7.39. The summed E-state index contributed by atoms with van der Waals surface area (Å²) in [7, 11) is 0. The van der Waals surface area contributed by atoms with Crippen molar-refractivity contribution in [2.24, 2.45) is 5.10 Å². The van der Waals surface area contributed by atoms with Crippen LogP contribution < -0.4 is 16.1 Å². The zero-order valence-corrected chi connectivity index (χ0v) is 19.4. The van der Waals surface area contributed by atoms with Gasteiger partial charge in [0.2, 0.25) is 17.8 Å². The van der Waals surface area contributed by atoms with E-state index in [0.717, 1.165) is 11.1 Å². The molecule has 176 valence electrons. The van der Waals surface area contributed by atoms with Crippen LogP contribution >= 0.6 is 11.6 Å². The van der Waals surface area contributed by atoms with Crippen LogP contribution in [0, 0.1) is 10.1 Å². The predicted octanol–water partition coefficient (Wildman–Crippen LogP) is 5.63. The van der Waals surface area contributed by atoms with Crippen LogP contribution in [0.4, 0.5) is 29.2 Å². The standard InChI is InChI=1S/C24H21ClN8O2/c1-16(18-7-9-19(25)10-8-18)31-32-24-29-22(26-15-17-5-3-2-4-6-17)28-23(30-24)27-20-11-13-21(14-12-20)33(34)35/h2-14H,15H2,1H3,(H3,26,27,28,29,30,32)/b31-16-. The van der Waals surface area contributed by atoms with Crippen LogP contribution in [0.3, 0.4) is 0 Å². The van der Waals surface area contributed by atoms with E-state index in [1.807, 2.05) is 49.4 Å². The summed E-state index contributed by atoms with van der Waals surface area (Å²) in [5.41, 5.74) is 6.11. The molecule has 11 heteroatoms. The maximum atomic E-state index is 10.9. The highest BCUT2D eigenvalue weighted by Crippen LogP contribution is 2.20. The molecule has 0 bridgehead atoms. The fourth-order valence-electron chi connectivity index (χ4n) is 3.02. The van der Waals surface area contributed by atoms with Crippen molar-refractivity contribution in [3.05, 3.63) is 105 Å². The Morgan fingerprint density at radius 2 is 1.57 bits per heavy atom. The van der Waals surface area contributed by atoms with E-state index in [4.69, 9.17) is 11.6 Å². The molecule has 3 aromatic carbocycles. The van der Waals surface area contributed by atoms with E-state index >= 15 is 0 Å². The molecule has 0 aliphatic carbocycles. The van der Waals surface area contributed by atoms with Gasteiger partial charge in [-0.1, -0.05) is 54.1 Å². The lowest BCUT2D eigenvalue weighted by Crippen LogP contribution is -2.10. The average Bonchev–Trinajstić information content (AvgIpc) is 2.87. The van der Waals surface area contributed by atoms with E-state index < -0.39 is 4.92 Å². The summed E-state index contributed by atoms with van der Waals surface area (Å²) < 4.78 is 0. The number of rotatable bonds is 9. The highest BCUT2D eigenvalue weighted by molar-refractivity contribution is 6.30. The Morgan fingerprint density at radius 1 is 0.914 bits per heavy atom. The molecule has 0 spiro atoms. The lowest BCUT2D eigenvalue weighted by Gasteiger charge is -2.10. The molecule has 1 aromatic heterocycles. The Labute approximate surface area is 206 Å². The van der Waals surface area contributed by atoms with Gasteiger partial charge >= 0.3 is 0 Å². The van der Waals surface area contributed by atoms with Gasteiger partial charge in [-0.2, -0.15) is 20.1 Å². The Morgan fingerprint density at radius 3 is 2.26 bits per heavy atom. The second-order valence-corrected chi connectivity index (χ2v) is 7.83. The number of nitro benzene ring substituents is 1. The Hall–Kier alpha value is -4.57. The lowest BCUT2D eigenvalue weighted by atomic mass is 10.1. The van der Waals surface area contributed by atoms with E-state index in [9.17, 15) is 10.1 Å². The number of halogens is 1. The third-order valence-electron chi connectivity index (χ3n) is 4.85. The van der Waals surface area contributed by atoms with Crippen molar-refractivity contribution in [2.75, 3.05) is 16.1 Å². The molecule has 0 aliphatic heterocycles. The Balaban J connectivity index is 1.56. The number of nitrogens with zero attached hydrogens (tertiary/aromatic N) is 5. The first-order valence-corrected chi connectivity index (χ1v) is 11.0. The number of nitro groups is 1. The van der Waals surface area contributed by atoms with Crippen molar-refractivity contribution in [2.45, 2.75) is 13.5 Å². The predicted molar refractivity (Wildman–Crippen MR) is 137 cm³/mol. The third-order valence-corrected chi connectivity index (χ3v) is 5.10. The SMILES string of the molecule is C/C(=N/Nc1nc(NCc2ccccc2)nc(Nc2ccc([N+](=O)[O-])cc2)n1)c1ccc(Cl)cc1. The topological polar surface area (TPSA) is 130 Å². The van der Waals surface area contributed by atoms with E-state index in [2.05, 4.69) is 36.1 Å². The first-order valence-electron chi connectivity index (χ1n) is 10.6. The highest BCUT2D eigenvalue weighted by Gasteiger charge is 2.09. The van der Waals surface area contributed by atoms with Gasteiger partial charge in [0.15, 0.2) is 0 Å². The van der Waals surface area contributed by atoms with Crippen molar-refractivity contribution in [1.29, 1.82) is 0 Å². The molecule has 35 heavy (non-hydrogen) atoms. The van der Waals surface area contributed by atoms with Crippen LogP contribution in [-0.4, -0.2) is 25.6 Å². The van der Waals surface area contributed by atoms with Gasteiger partial charge in [-0.15, -0.1) is 0 Å². The van der Waals surface area contributed by atoms with Crippen LogP contribution in [0.2, 0.25) is 5.02 Å². The first-order chi connectivity index (χ1) is 17.0. The normalized spacial score (nSPS) is 11.1. The molecule has 4 rings (SSSR count). The van der Waals surface area contributed by atoms with Crippen LogP contribution in [0.25, 0.3) is 0 Å². The van der Waals surface area contributed by atoms with E-state index in [1.54, 1.807) is 24.3 Å². The summed E-state index contributed by atoms with van der Waals surface area (Å²) in [5, 5.41) is 22.2. The number of hydrazone groups is 1. The number of hydrogen-bond acceptors (Lipinski definition) is 9. The number of non-ortho nitro benzene ring substituents is 1. The number of anilines is 4. The fraction of sp³-hybridized carbons (Fsp3) is 0.0833. The quantitative estimate of drug-likeness (QED) is 0.157. The van der Waals surface area contributed by atoms with Crippen molar-refractivity contribution in [1.82, 2.24) is 15.0 Å². The lowest BCUT2D eigenvalue weighted by molar-refractivity contribution is -0.384. The highest BCUT2D eigenvalue weighted by atomic mass is 35.5. The summed E-state index contributed by atoms with van der Waals surface area (Å²) in [6, 6.07) is 23.1. The maximum Gasteiger partial charge on any atom is 0.269 e. The molecule has 1 heterocycles. The molecular weight excluding hydrogens is 468 g/mol. The molecule has 0 radical (unpaired) electrons. The largest absolute Gasteiger partial charge is 0.350 e. The minimum Gasteiger partial charge on any atom is -0.350 e. The van der Waals surface area contributed by atoms with E-state index in [0.29, 0.717) is 28.9 Å². The van der Waals surface area contributed by atoms with Crippen molar-refractivity contribution in [3.63, 3.8) is 0 Å². The zero-order valence-electron chi connectivity index (χ0n) is 18.6. The summed E-state index contributed by atoms with van der Waals surface area (Å²) in [4.78, 5) is 23.6. The van der Waals surface area contributed by atoms with Crippen molar-refractivity contribution < 1.29 is 4.92 Å². The van der Waals surface area contributed by atoms with Crippen molar-refractivity contribution >= 4 is 46.5 Å². The summed E-state index contributed by atoms with van der Waals surface area (Å²) >= 11 is 5.96. The number of benzene rings is 3. The summed E-state index contributed by atoms with van der Waals surface area (Å²) in [5.74, 6) is 0.787. The minimum atomic E-state index is -0.457. The Kier molecular flexibility index (Phi) is 7.44. The maximum absolute atomic E-state index is 10.9. The van der Waals surface area contributed by atoms with Crippen molar-refractivity contribution in [3.8, 4) is 0 Å². The minimum absolute atomic E-state index is 0.00854. The van der Waals surface area contributed by atoms with Gasteiger partial charge in [-0.3, -0.25) is 10.1 Å². The Bertz CT molecular complexity index is 1330. The van der Waals surface area contributed by atoms with Crippen LogP contribution in [0.1, 0.15) is 18.1 Å². The first kappa shape index (κ1) is 23.6. The molecule has 10 nitrogen and oxygen atoms in total. The fourth-order valence-corrected chi connectivity index (χ4v) is 3.15. The molecule has 0 fully saturated rings. The average molecular weight is 489 g/mol. The molecule has 4 aromatic rings. The molecule has 0 amide bonds. The third kappa shape index (κ3) is 6.71. The van der Waals surface area contributed by atoms with Crippen LogP contribution in [0.15, 0.2) is 84.0 Å². The van der Waals surface area contributed by atoms with Gasteiger partial charge in [-0.25, -0.2) is 5.43 Å². The second kappa shape index (κ2) is 11.0. The van der Waals surface area contributed by atoms with Gasteiger partial charge in [0.25, 0.3) is 5.69 Å². The van der Waals surface area contributed by atoms with E-state index in [-0.39, 0.29) is 17.6 Å². The number of hydrogen-bond donors (Lipinski definition) is 3. The van der Waals surface area contributed by atoms with Crippen LogP contribution in [0.5, 0.6) is 0 Å². The van der Waals surface area contributed by atoms with E-state index in [1.165, 1.54) is 12.1 Å². The summed E-state index contributed by atoms with van der Waals surface area (Å²) in [6.07, 6.45) is 0. The molecular formula is C24H21ClN8O2. The zero-order chi connectivity index (χ0) is 24.6. The molecule has 0 aliphatic rings. The van der Waals surface area contributed by atoms with Gasteiger partial charge in [0.1, 0.15) is 0 Å². The van der Waals surface area contributed by atoms with Crippen LogP contribution in [-0.2, 0) is 6.54 Å². The smallest absolute Gasteiger partial charge is 0.269 e. The molecule has 0 unspecified atom stereocenters. The molecule has 0 saturated heterocycles. The molecule has 3 N–H and O–H groups in total. The number of aromatic nitrogens is 3. The molecule has 0 atom stereocenters. The number of nitrogens with one attached hydrogen (secondary N) is 3. The molecule has 0 saturated carbocycles. The van der Waals surface area contributed by atoms with Gasteiger partial charge < -0.3 is 10.6 Å². The van der Waals surface area contributed by atoms with Gasteiger partial charge in [0, 0.05) is 29.4 Å². The monoisotopic (exact) mass is 488 g/mol. The van der Waals surface area contributed by atoms with Gasteiger partial charge in [0.05, 0.1) is 10.6 Å². The summed E-state index contributed by atoms with van der Waals surface area (Å²) in [6.45, 7) is 2.36.